The Morgan fingerprint density at radius 2 is 2.00 bits per heavy atom. The van der Waals surface area contributed by atoms with Crippen molar-refractivity contribution in [1.82, 2.24) is 14.7 Å². The van der Waals surface area contributed by atoms with E-state index in [1.165, 1.54) is 10.7 Å². The van der Waals surface area contributed by atoms with Crippen LogP contribution in [0.25, 0.3) is 5.69 Å². The van der Waals surface area contributed by atoms with Gasteiger partial charge in [0.25, 0.3) is 12.3 Å². The zero-order chi connectivity index (χ0) is 15.2. The summed E-state index contributed by atoms with van der Waals surface area (Å²) in [5.74, 6) is -0.626. The molecule has 1 aromatic heterocycles. The lowest BCUT2D eigenvalue weighted by Gasteiger charge is -2.19. The van der Waals surface area contributed by atoms with Gasteiger partial charge in [0, 0.05) is 12.7 Å². The molecule has 112 valence electrons. The number of carbonyl (C=O) groups excluding carboxylic acids is 1. The molecule has 0 radical (unpaired) electrons. The number of benzene rings is 1. The van der Waals surface area contributed by atoms with Crippen molar-refractivity contribution in [3.05, 3.63) is 48.3 Å². The molecule has 0 aliphatic carbocycles. The molecule has 2 rings (SSSR count). The quantitative estimate of drug-likeness (QED) is 0.880. The molecule has 7 heteroatoms. The van der Waals surface area contributed by atoms with Crippen molar-refractivity contribution in [2.75, 3.05) is 19.7 Å². The predicted molar refractivity (Wildman–Crippen MR) is 72.6 cm³/mol. The van der Waals surface area contributed by atoms with Crippen molar-refractivity contribution in [1.29, 1.82) is 0 Å². The van der Waals surface area contributed by atoms with E-state index >= 15 is 0 Å². The van der Waals surface area contributed by atoms with Gasteiger partial charge < -0.3 is 10.0 Å². The molecule has 0 aliphatic rings. The first-order valence-electron chi connectivity index (χ1n) is 6.41. The number of aliphatic hydroxyl groups excluding tert-OH is 1. The molecule has 1 amide bonds. The first kappa shape index (κ1) is 15.1. The van der Waals surface area contributed by atoms with Crippen molar-refractivity contribution in [3.8, 4) is 5.69 Å². The van der Waals surface area contributed by atoms with Gasteiger partial charge in [-0.15, -0.1) is 0 Å². The van der Waals surface area contributed by atoms with Gasteiger partial charge in [0.1, 0.15) is 0 Å². The van der Waals surface area contributed by atoms with E-state index in [1.54, 1.807) is 6.20 Å². The second-order valence-corrected chi connectivity index (χ2v) is 4.35. The summed E-state index contributed by atoms with van der Waals surface area (Å²) in [6.45, 7) is -1.25. The van der Waals surface area contributed by atoms with Gasteiger partial charge in [-0.25, -0.2) is 13.5 Å². The number of hydrogen-bond donors (Lipinski definition) is 1. The third-order valence-corrected chi connectivity index (χ3v) is 2.84. The zero-order valence-corrected chi connectivity index (χ0v) is 11.2. The molecular formula is C14H15F2N3O2. The van der Waals surface area contributed by atoms with E-state index in [0.717, 1.165) is 10.6 Å². The van der Waals surface area contributed by atoms with Crippen LogP contribution in [-0.4, -0.2) is 51.8 Å². The second-order valence-electron chi connectivity index (χ2n) is 4.35. The summed E-state index contributed by atoms with van der Waals surface area (Å²) in [4.78, 5) is 13.0. The molecular weight excluding hydrogens is 280 g/mol. The number of aliphatic hydroxyl groups is 1. The lowest BCUT2D eigenvalue weighted by atomic mass is 10.3. The highest BCUT2D eigenvalue weighted by molar-refractivity contribution is 5.92. The van der Waals surface area contributed by atoms with Gasteiger partial charge in [0.15, 0.2) is 5.69 Å². The van der Waals surface area contributed by atoms with Crippen LogP contribution in [0.2, 0.25) is 0 Å². The van der Waals surface area contributed by atoms with Crippen LogP contribution < -0.4 is 0 Å². The molecule has 1 heterocycles. The van der Waals surface area contributed by atoms with E-state index in [1.807, 2.05) is 30.3 Å². The number of aromatic nitrogens is 2. The highest BCUT2D eigenvalue weighted by atomic mass is 19.3. The van der Waals surface area contributed by atoms with Crippen LogP contribution in [0.3, 0.4) is 0 Å². The molecule has 1 aromatic carbocycles. The normalized spacial score (nSPS) is 10.9. The lowest BCUT2D eigenvalue weighted by molar-refractivity contribution is 0.0504. The Kier molecular flexibility index (Phi) is 4.99. The Hall–Kier alpha value is -2.28. The van der Waals surface area contributed by atoms with Gasteiger partial charge in [-0.1, -0.05) is 18.2 Å². The fourth-order valence-corrected chi connectivity index (χ4v) is 1.89. The molecule has 0 spiro atoms. The van der Waals surface area contributed by atoms with Gasteiger partial charge in [-0.05, 0) is 18.2 Å². The Balaban J connectivity index is 2.17. The summed E-state index contributed by atoms with van der Waals surface area (Å²) in [7, 11) is 0. The lowest BCUT2D eigenvalue weighted by Crippen LogP contribution is -2.37. The molecule has 0 saturated heterocycles. The Bertz CT molecular complexity index is 587. The third-order valence-electron chi connectivity index (χ3n) is 2.84. The highest BCUT2D eigenvalue weighted by Gasteiger charge is 2.21. The number of amides is 1. The van der Waals surface area contributed by atoms with Crippen LogP contribution in [-0.2, 0) is 0 Å². The van der Waals surface area contributed by atoms with Crippen LogP contribution in [0.4, 0.5) is 8.78 Å². The van der Waals surface area contributed by atoms with Crippen LogP contribution in [0.15, 0.2) is 42.6 Å². The summed E-state index contributed by atoms with van der Waals surface area (Å²) in [6.07, 6.45) is -1.07. The van der Waals surface area contributed by atoms with Crippen molar-refractivity contribution in [2.24, 2.45) is 0 Å². The van der Waals surface area contributed by atoms with E-state index in [-0.39, 0.29) is 18.8 Å². The summed E-state index contributed by atoms with van der Waals surface area (Å²) in [6, 6.07) is 10.6. The minimum Gasteiger partial charge on any atom is -0.395 e. The third kappa shape index (κ3) is 3.85. The van der Waals surface area contributed by atoms with E-state index in [2.05, 4.69) is 5.10 Å². The monoisotopic (exact) mass is 295 g/mol. The van der Waals surface area contributed by atoms with Crippen LogP contribution >= 0.6 is 0 Å². The number of hydrogen-bond acceptors (Lipinski definition) is 3. The molecule has 1 N–H and O–H groups in total. The van der Waals surface area contributed by atoms with Crippen LogP contribution in [0.1, 0.15) is 10.5 Å². The zero-order valence-electron chi connectivity index (χ0n) is 11.2. The van der Waals surface area contributed by atoms with E-state index in [4.69, 9.17) is 5.11 Å². The van der Waals surface area contributed by atoms with Gasteiger partial charge in [-0.2, -0.15) is 5.10 Å². The maximum atomic E-state index is 12.5. The highest BCUT2D eigenvalue weighted by Crippen LogP contribution is 2.09. The van der Waals surface area contributed by atoms with E-state index in [9.17, 15) is 13.6 Å². The number of alkyl halides is 2. The topological polar surface area (TPSA) is 58.4 Å². The number of halogens is 2. The second kappa shape index (κ2) is 6.94. The Labute approximate surface area is 120 Å². The fourth-order valence-electron chi connectivity index (χ4n) is 1.89. The smallest absolute Gasteiger partial charge is 0.274 e. The maximum absolute atomic E-state index is 12.5. The van der Waals surface area contributed by atoms with Crippen LogP contribution in [0.5, 0.6) is 0 Å². The minimum atomic E-state index is -2.66. The number of nitrogens with zero attached hydrogens (tertiary/aromatic N) is 3. The predicted octanol–water partition coefficient (Wildman–Crippen LogP) is 1.57. The van der Waals surface area contributed by atoms with Crippen molar-refractivity contribution < 1.29 is 18.7 Å². The Morgan fingerprint density at radius 3 is 2.62 bits per heavy atom. The summed E-state index contributed by atoms with van der Waals surface area (Å²) < 4.78 is 26.4. The standard InChI is InChI=1S/C14H15F2N3O2/c15-13(16)10-18(8-9-20)14(21)12-6-7-19(17-12)11-4-2-1-3-5-11/h1-7,13,20H,8-10H2. The molecule has 0 saturated carbocycles. The molecule has 0 unspecified atom stereocenters. The molecule has 0 bridgehead atoms. The van der Waals surface area contributed by atoms with Crippen molar-refractivity contribution >= 4 is 5.91 Å². The summed E-state index contributed by atoms with van der Waals surface area (Å²) >= 11 is 0. The van der Waals surface area contributed by atoms with Gasteiger partial charge in [0.2, 0.25) is 0 Å². The largest absolute Gasteiger partial charge is 0.395 e. The van der Waals surface area contributed by atoms with Gasteiger partial charge in [0.05, 0.1) is 18.8 Å². The molecule has 0 aliphatic heterocycles. The van der Waals surface area contributed by atoms with Gasteiger partial charge >= 0.3 is 0 Å². The fraction of sp³-hybridized carbons (Fsp3) is 0.286. The van der Waals surface area contributed by atoms with E-state index < -0.39 is 18.9 Å². The van der Waals surface area contributed by atoms with Gasteiger partial charge in [-0.3, -0.25) is 4.79 Å². The first-order chi connectivity index (χ1) is 10.1. The molecule has 0 fully saturated rings. The van der Waals surface area contributed by atoms with Crippen LogP contribution in [0, 0.1) is 0 Å². The SMILES string of the molecule is O=C(c1ccn(-c2ccccc2)n1)N(CCO)CC(F)F. The Morgan fingerprint density at radius 1 is 1.29 bits per heavy atom. The average molecular weight is 295 g/mol. The molecule has 5 nitrogen and oxygen atoms in total. The molecule has 21 heavy (non-hydrogen) atoms. The molecule has 2 aromatic rings. The molecule has 0 atom stereocenters. The maximum Gasteiger partial charge on any atom is 0.274 e. The van der Waals surface area contributed by atoms with Crippen molar-refractivity contribution in [2.45, 2.75) is 6.43 Å². The summed E-state index contributed by atoms with van der Waals surface area (Å²) in [5, 5.41) is 13.0. The van der Waals surface area contributed by atoms with E-state index in [0.29, 0.717) is 0 Å². The first-order valence-corrected chi connectivity index (χ1v) is 6.41. The summed E-state index contributed by atoms with van der Waals surface area (Å²) in [5.41, 5.74) is 0.826. The minimum absolute atomic E-state index is 0.0629. The number of carbonyl (C=O) groups is 1. The average Bonchev–Trinajstić information content (AvgIpc) is 2.96. The number of rotatable bonds is 6. The van der Waals surface area contributed by atoms with Crippen molar-refractivity contribution in [3.63, 3.8) is 0 Å². The number of para-hydroxylation sites is 1.